The lowest BCUT2D eigenvalue weighted by molar-refractivity contribution is -0.0502. The summed E-state index contributed by atoms with van der Waals surface area (Å²) in [6.45, 7) is -3.03. The normalized spacial score (nSPS) is 10.2. The minimum absolute atomic E-state index is 0.0565. The van der Waals surface area contributed by atoms with Crippen LogP contribution in [0.15, 0.2) is 36.5 Å². The second kappa shape index (κ2) is 5.31. The van der Waals surface area contributed by atoms with Crippen molar-refractivity contribution in [2.45, 2.75) is 6.61 Å². The van der Waals surface area contributed by atoms with E-state index in [4.69, 9.17) is 11.0 Å². The smallest absolute Gasteiger partial charge is 0.387 e. The summed E-state index contributed by atoms with van der Waals surface area (Å²) in [4.78, 5) is 3.79. The molecule has 19 heavy (non-hydrogen) atoms. The van der Waals surface area contributed by atoms with Gasteiger partial charge in [0.25, 0.3) is 0 Å². The summed E-state index contributed by atoms with van der Waals surface area (Å²) in [6, 6.07) is 10.5. The molecule has 4 nitrogen and oxygen atoms in total. The van der Waals surface area contributed by atoms with Crippen LogP contribution in [0.2, 0.25) is 0 Å². The van der Waals surface area contributed by atoms with Crippen LogP contribution in [0.1, 0.15) is 5.56 Å². The Bertz CT molecular complexity index is 624. The monoisotopic (exact) mass is 261 g/mol. The van der Waals surface area contributed by atoms with Gasteiger partial charge in [-0.15, -0.1) is 0 Å². The molecule has 0 saturated carbocycles. The molecule has 2 aromatic rings. The van der Waals surface area contributed by atoms with Gasteiger partial charge in [-0.1, -0.05) is 30.3 Å². The number of halogens is 2. The van der Waals surface area contributed by atoms with Crippen molar-refractivity contribution in [3.63, 3.8) is 0 Å². The lowest BCUT2D eigenvalue weighted by atomic mass is 10.0. The molecule has 6 heteroatoms. The van der Waals surface area contributed by atoms with Gasteiger partial charge < -0.3 is 10.5 Å². The van der Waals surface area contributed by atoms with Gasteiger partial charge in [-0.2, -0.15) is 14.0 Å². The van der Waals surface area contributed by atoms with Gasteiger partial charge >= 0.3 is 6.61 Å². The number of nitrogens with two attached hydrogens (primary N) is 1. The third kappa shape index (κ3) is 2.60. The molecule has 0 radical (unpaired) electrons. The highest BCUT2D eigenvalue weighted by Gasteiger charge is 2.18. The van der Waals surface area contributed by atoms with E-state index in [1.807, 2.05) is 6.07 Å². The highest BCUT2D eigenvalue weighted by Crippen LogP contribution is 2.34. The van der Waals surface area contributed by atoms with Crippen LogP contribution >= 0.6 is 0 Å². The summed E-state index contributed by atoms with van der Waals surface area (Å²) >= 11 is 0. The zero-order valence-corrected chi connectivity index (χ0v) is 9.68. The van der Waals surface area contributed by atoms with Crippen molar-refractivity contribution >= 4 is 5.82 Å². The zero-order chi connectivity index (χ0) is 13.8. The van der Waals surface area contributed by atoms with Crippen LogP contribution in [0, 0.1) is 11.3 Å². The zero-order valence-electron chi connectivity index (χ0n) is 9.68. The maximum absolute atomic E-state index is 12.3. The molecular formula is C13H9F2N3O. The number of nitrogens with zero attached hydrogens (tertiary/aromatic N) is 2. The molecule has 0 spiro atoms. The van der Waals surface area contributed by atoms with Crippen molar-refractivity contribution in [1.29, 1.82) is 5.26 Å². The Morgan fingerprint density at radius 3 is 2.53 bits per heavy atom. The Labute approximate surface area is 108 Å². The van der Waals surface area contributed by atoms with E-state index < -0.39 is 6.61 Å². The quantitative estimate of drug-likeness (QED) is 0.922. The third-order valence-electron chi connectivity index (χ3n) is 2.46. The maximum atomic E-state index is 12.3. The van der Waals surface area contributed by atoms with Gasteiger partial charge in [-0.25, -0.2) is 4.98 Å². The van der Waals surface area contributed by atoms with E-state index in [-0.39, 0.29) is 17.1 Å². The third-order valence-corrected chi connectivity index (χ3v) is 2.46. The summed E-state index contributed by atoms with van der Waals surface area (Å²) in [5, 5.41) is 9.14. The second-order valence-electron chi connectivity index (χ2n) is 3.61. The highest BCUT2D eigenvalue weighted by molar-refractivity contribution is 5.81. The van der Waals surface area contributed by atoms with Crippen LogP contribution in [0.5, 0.6) is 5.75 Å². The maximum Gasteiger partial charge on any atom is 0.387 e. The number of rotatable bonds is 3. The number of nitrogen functional groups attached to an aromatic ring is 1. The molecule has 0 saturated heterocycles. The van der Waals surface area contributed by atoms with Gasteiger partial charge in [0.05, 0.1) is 6.20 Å². The van der Waals surface area contributed by atoms with Crippen LogP contribution < -0.4 is 10.5 Å². The van der Waals surface area contributed by atoms with Crippen molar-refractivity contribution in [3.8, 4) is 22.9 Å². The molecule has 0 bridgehead atoms. The van der Waals surface area contributed by atoms with E-state index in [0.29, 0.717) is 11.1 Å². The van der Waals surface area contributed by atoms with Gasteiger partial charge in [0.2, 0.25) is 0 Å². The Morgan fingerprint density at radius 2 is 1.95 bits per heavy atom. The molecule has 0 aliphatic heterocycles. The predicted molar refractivity (Wildman–Crippen MR) is 65.4 cm³/mol. The second-order valence-corrected chi connectivity index (χ2v) is 3.61. The number of nitriles is 1. The molecule has 0 atom stereocenters. The molecule has 96 valence electrons. The highest BCUT2D eigenvalue weighted by atomic mass is 19.3. The number of anilines is 1. The van der Waals surface area contributed by atoms with Gasteiger partial charge in [-0.05, 0) is 5.56 Å². The number of aromatic nitrogens is 1. The molecule has 0 unspecified atom stereocenters. The minimum atomic E-state index is -3.03. The van der Waals surface area contributed by atoms with Crippen molar-refractivity contribution in [1.82, 2.24) is 4.98 Å². The van der Waals surface area contributed by atoms with Crippen LogP contribution in [-0.4, -0.2) is 11.6 Å². The fourth-order valence-corrected chi connectivity index (χ4v) is 1.70. The first-order valence-electron chi connectivity index (χ1n) is 5.32. The number of hydrogen-bond acceptors (Lipinski definition) is 4. The topological polar surface area (TPSA) is 71.9 Å². The van der Waals surface area contributed by atoms with Crippen LogP contribution in [0.4, 0.5) is 14.6 Å². The van der Waals surface area contributed by atoms with E-state index in [1.54, 1.807) is 30.3 Å². The first kappa shape index (κ1) is 12.8. The number of pyridine rings is 1. The lowest BCUT2D eigenvalue weighted by Crippen LogP contribution is -2.06. The Kier molecular flexibility index (Phi) is 3.57. The van der Waals surface area contributed by atoms with Gasteiger partial charge in [-0.3, -0.25) is 0 Å². The number of alkyl halides is 2. The number of benzene rings is 1. The molecule has 0 aliphatic carbocycles. The van der Waals surface area contributed by atoms with E-state index in [9.17, 15) is 8.78 Å². The largest absolute Gasteiger partial charge is 0.432 e. The van der Waals surface area contributed by atoms with Gasteiger partial charge in [0.15, 0.2) is 5.75 Å². The molecule has 0 fully saturated rings. The average molecular weight is 261 g/mol. The fraction of sp³-hybridized carbons (Fsp3) is 0.0769. The van der Waals surface area contributed by atoms with E-state index >= 15 is 0 Å². The standard InChI is InChI=1S/C13H9F2N3O/c14-13(15)19-10-7-18-12(17)11(9(10)6-16)8-4-2-1-3-5-8/h1-5,7,13H,(H2,17,18). The molecule has 1 aromatic carbocycles. The molecular weight excluding hydrogens is 252 g/mol. The van der Waals surface area contributed by atoms with E-state index in [2.05, 4.69) is 9.72 Å². The van der Waals surface area contributed by atoms with Crippen LogP contribution in [-0.2, 0) is 0 Å². The summed E-state index contributed by atoms with van der Waals surface area (Å²) in [6.07, 6.45) is 1.02. The Balaban J connectivity index is 2.63. The average Bonchev–Trinajstić information content (AvgIpc) is 2.40. The van der Waals surface area contributed by atoms with Crippen LogP contribution in [0.3, 0.4) is 0 Å². The first-order valence-corrected chi connectivity index (χ1v) is 5.32. The molecule has 2 rings (SSSR count). The molecule has 0 amide bonds. The van der Waals surface area contributed by atoms with Crippen LogP contribution in [0.25, 0.3) is 11.1 Å². The summed E-state index contributed by atoms with van der Waals surface area (Å²) in [5.41, 5.74) is 6.57. The molecule has 1 aromatic heterocycles. The van der Waals surface area contributed by atoms with Crippen molar-refractivity contribution in [2.75, 3.05) is 5.73 Å². The Morgan fingerprint density at radius 1 is 1.26 bits per heavy atom. The SMILES string of the molecule is N#Cc1c(OC(F)F)cnc(N)c1-c1ccccc1. The number of ether oxygens (including phenoxy) is 1. The minimum Gasteiger partial charge on any atom is -0.432 e. The van der Waals surface area contributed by atoms with Gasteiger partial charge in [0, 0.05) is 5.56 Å². The molecule has 2 N–H and O–H groups in total. The first-order chi connectivity index (χ1) is 9.13. The van der Waals surface area contributed by atoms with Crippen molar-refractivity contribution in [2.24, 2.45) is 0 Å². The summed E-state index contributed by atoms with van der Waals surface area (Å²) in [7, 11) is 0. The molecule has 1 heterocycles. The fourth-order valence-electron chi connectivity index (χ4n) is 1.70. The van der Waals surface area contributed by atoms with Gasteiger partial charge in [0.1, 0.15) is 17.5 Å². The summed E-state index contributed by atoms with van der Waals surface area (Å²) in [5.74, 6) is -0.199. The van der Waals surface area contributed by atoms with Crippen molar-refractivity contribution in [3.05, 3.63) is 42.1 Å². The predicted octanol–water partition coefficient (Wildman–Crippen LogP) is 2.80. The summed E-state index contributed by atoms with van der Waals surface area (Å²) < 4.78 is 28.8. The number of hydrogen-bond donors (Lipinski definition) is 1. The Hall–Kier alpha value is -2.68. The van der Waals surface area contributed by atoms with E-state index in [0.717, 1.165) is 6.20 Å². The van der Waals surface area contributed by atoms with E-state index in [1.165, 1.54) is 0 Å². The van der Waals surface area contributed by atoms with Crippen molar-refractivity contribution < 1.29 is 13.5 Å². The molecule has 0 aliphatic rings. The lowest BCUT2D eigenvalue weighted by Gasteiger charge is -2.12.